The van der Waals surface area contributed by atoms with Crippen LogP contribution in [-0.4, -0.2) is 52.1 Å². The van der Waals surface area contributed by atoms with Crippen LogP contribution in [0.2, 0.25) is 0 Å². The van der Waals surface area contributed by atoms with Gasteiger partial charge in [0, 0.05) is 25.2 Å². The molecule has 0 aliphatic carbocycles. The van der Waals surface area contributed by atoms with Crippen molar-refractivity contribution in [3.63, 3.8) is 0 Å². The Morgan fingerprint density at radius 3 is 2.48 bits per heavy atom. The Labute approximate surface area is 127 Å². The predicted octanol–water partition coefficient (Wildman–Crippen LogP) is 2.95. The van der Waals surface area contributed by atoms with E-state index in [1.54, 1.807) is 0 Å². The third kappa shape index (κ3) is 3.69. The number of hydrogen-bond donors (Lipinski definition) is 1. The molecule has 120 valence electrons. The van der Waals surface area contributed by atoms with E-state index >= 15 is 0 Å². The van der Waals surface area contributed by atoms with Crippen LogP contribution in [0.5, 0.6) is 0 Å². The fourth-order valence-electron chi connectivity index (χ4n) is 3.70. The highest BCUT2D eigenvalue weighted by atomic mass is 16.4. The molecular formula is C16H28N2O3. The summed E-state index contributed by atoms with van der Waals surface area (Å²) in [5.41, 5.74) is 0. The molecule has 5 nitrogen and oxygen atoms in total. The van der Waals surface area contributed by atoms with Crippen molar-refractivity contribution in [3.8, 4) is 0 Å². The first-order valence-corrected chi connectivity index (χ1v) is 8.34. The second-order valence-electron chi connectivity index (χ2n) is 6.49. The fourth-order valence-corrected chi connectivity index (χ4v) is 3.70. The fraction of sp³-hybridized carbons (Fsp3) is 0.875. The van der Waals surface area contributed by atoms with Crippen LogP contribution in [0.25, 0.3) is 0 Å². The van der Waals surface area contributed by atoms with Crippen molar-refractivity contribution in [2.75, 3.05) is 13.1 Å². The SMILES string of the molecule is CCC1CCCCCN1C(=O)N1CCC(C(=O)O)CC1C. The highest BCUT2D eigenvalue weighted by Crippen LogP contribution is 2.27. The summed E-state index contributed by atoms with van der Waals surface area (Å²) in [7, 11) is 0. The Hall–Kier alpha value is -1.26. The van der Waals surface area contributed by atoms with Gasteiger partial charge in [-0.05, 0) is 39.0 Å². The Bertz CT molecular complexity index is 386. The van der Waals surface area contributed by atoms with Crippen molar-refractivity contribution in [3.05, 3.63) is 0 Å². The molecule has 1 N–H and O–H groups in total. The molecule has 0 saturated carbocycles. The van der Waals surface area contributed by atoms with Crippen LogP contribution >= 0.6 is 0 Å². The van der Waals surface area contributed by atoms with Crippen LogP contribution in [0.15, 0.2) is 0 Å². The maximum Gasteiger partial charge on any atom is 0.320 e. The van der Waals surface area contributed by atoms with Gasteiger partial charge in [-0.2, -0.15) is 0 Å². The smallest absolute Gasteiger partial charge is 0.320 e. The lowest BCUT2D eigenvalue weighted by Crippen LogP contribution is -2.54. The van der Waals surface area contributed by atoms with Crippen molar-refractivity contribution in [1.29, 1.82) is 0 Å². The van der Waals surface area contributed by atoms with Crippen LogP contribution < -0.4 is 0 Å². The van der Waals surface area contributed by atoms with Gasteiger partial charge in [-0.15, -0.1) is 0 Å². The van der Waals surface area contributed by atoms with E-state index in [4.69, 9.17) is 5.11 Å². The Kier molecular flexibility index (Phi) is 5.48. The molecule has 2 heterocycles. The quantitative estimate of drug-likeness (QED) is 0.852. The number of hydrogen-bond acceptors (Lipinski definition) is 2. The summed E-state index contributed by atoms with van der Waals surface area (Å²) in [4.78, 5) is 27.9. The van der Waals surface area contributed by atoms with Crippen LogP contribution in [0.4, 0.5) is 4.79 Å². The van der Waals surface area contributed by atoms with Gasteiger partial charge in [0.15, 0.2) is 0 Å². The molecule has 3 atom stereocenters. The second kappa shape index (κ2) is 7.14. The van der Waals surface area contributed by atoms with E-state index in [-0.39, 0.29) is 18.0 Å². The van der Waals surface area contributed by atoms with Gasteiger partial charge in [0.05, 0.1) is 5.92 Å². The summed E-state index contributed by atoms with van der Waals surface area (Å²) in [5, 5.41) is 9.13. The highest BCUT2D eigenvalue weighted by molar-refractivity contribution is 5.76. The molecule has 2 aliphatic heterocycles. The molecule has 2 amide bonds. The van der Waals surface area contributed by atoms with Crippen molar-refractivity contribution < 1.29 is 14.7 Å². The first-order valence-electron chi connectivity index (χ1n) is 8.34. The molecule has 0 bridgehead atoms. The van der Waals surface area contributed by atoms with Crippen LogP contribution in [0.1, 0.15) is 58.8 Å². The first-order chi connectivity index (χ1) is 10.0. The molecular weight excluding hydrogens is 268 g/mol. The third-order valence-electron chi connectivity index (χ3n) is 5.07. The number of nitrogens with zero attached hydrogens (tertiary/aromatic N) is 2. The summed E-state index contributed by atoms with van der Waals surface area (Å²) in [6, 6.07) is 0.498. The average molecular weight is 296 g/mol. The van der Waals surface area contributed by atoms with Crippen LogP contribution in [0.3, 0.4) is 0 Å². The Balaban J connectivity index is 2.03. The number of carbonyl (C=O) groups is 2. The number of rotatable bonds is 2. The number of aliphatic carboxylic acids is 1. The van der Waals surface area contributed by atoms with Gasteiger partial charge < -0.3 is 14.9 Å². The Morgan fingerprint density at radius 2 is 1.86 bits per heavy atom. The largest absolute Gasteiger partial charge is 0.481 e. The third-order valence-corrected chi connectivity index (χ3v) is 5.07. The summed E-state index contributed by atoms with van der Waals surface area (Å²) in [5.74, 6) is -1.02. The molecule has 2 rings (SSSR count). The number of carboxylic acid groups (broad SMARTS) is 1. The first kappa shape index (κ1) is 16.1. The molecule has 0 radical (unpaired) electrons. The Morgan fingerprint density at radius 1 is 1.10 bits per heavy atom. The summed E-state index contributed by atoms with van der Waals surface area (Å²) in [6.07, 6.45) is 6.76. The highest BCUT2D eigenvalue weighted by Gasteiger charge is 2.35. The minimum atomic E-state index is -0.727. The number of urea groups is 1. The molecule has 3 unspecified atom stereocenters. The van der Waals surface area contributed by atoms with Gasteiger partial charge in [0.25, 0.3) is 0 Å². The van der Waals surface area contributed by atoms with E-state index < -0.39 is 5.97 Å². The molecule has 2 fully saturated rings. The van der Waals surface area contributed by atoms with E-state index in [0.717, 1.165) is 25.8 Å². The maximum absolute atomic E-state index is 12.9. The number of piperidine rings is 1. The van der Waals surface area contributed by atoms with Crippen molar-refractivity contribution in [1.82, 2.24) is 9.80 Å². The molecule has 0 aromatic heterocycles. The summed E-state index contributed by atoms with van der Waals surface area (Å²) >= 11 is 0. The van der Waals surface area contributed by atoms with Gasteiger partial charge in [-0.1, -0.05) is 19.8 Å². The lowest BCUT2D eigenvalue weighted by Gasteiger charge is -2.41. The van der Waals surface area contributed by atoms with Crippen molar-refractivity contribution in [2.45, 2.75) is 70.9 Å². The average Bonchev–Trinajstić information content (AvgIpc) is 2.71. The van der Waals surface area contributed by atoms with Crippen LogP contribution in [0, 0.1) is 5.92 Å². The molecule has 21 heavy (non-hydrogen) atoms. The van der Waals surface area contributed by atoms with E-state index in [2.05, 4.69) is 6.92 Å². The van der Waals surface area contributed by atoms with E-state index in [0.29, 0.717) is 25.4 Å². The minimum absolute atomic E-state index is 0.0214. The lowest BCUT2D eigenvalue weighted by molar-refractivity contribution is -0.143. The van der Waals surface area contributed by atoms with Gasteiger partial charge in [-0.25, -0.2) is 4.79 Å². The summed E-state index contributed by atoms with van der Waals surface area (Å²) in [6.45, 7) is 5.55. The van der Waals surface area contributed by atoms with E-state index in [1.807, 2.05) is 16.7 Å². The monoisotopic (exact) mass is 296 g/mol. The zero-order valence-corrected chi connectivity index (χ0v) is 13.3. The molecule has 2 aliphatic rings. The lowest BCUT2D eigenvalue weighted by atomic mass is 9.92. The van der Waals surface area contributed by atoms with Crippen molar-refractivity contribution in [2.24, 2.45) is 5.92 Å². The number of carboxylic acids is 1. The molecule has 5 heteroatoms. The van der Waals surface area contributed by atoms with E-state index in [9.17, 15) is 9.59 Å². The predicted molar refractivity (Wildman–Crippen MR) is 81.2 cm³/mol. The zero-order chi connectivity index (χ0) is 15.4. The normalized spacial score (nSPS) is 30.9. The van der Waals surface area contributed by atoms with Gasteiger partial charge in [0.2, 0.25) is 0 Å². The molecule has 0 aromatic rings. The molecule has 0 aromatic carbocycles. The standard InChI is InChI=1S/C16H28N2O3/c1-3-14-7-5-4-6-9-18(14)16(21)17-10-8-13(15(19)20)11-12(17)2/h12-14H,3-11H2,1-2H3,(H,19,20). The number of likely N-dealkylation sites (tertiary alicyclic amines) is 2. The van der Waals surface area contributed by atoms with Gasteiger partial charge >= 0.3 is 12.0 Å². The van der Waals surface area contributed by atoms with Gasteiger partial charge in [0.1, 0.15) is 0 Å². The van der Waals surface area contributed by atoms with Crippen LogP contribution in [-0.2, 0) is 4.79 Å². The second-order valence-corrected chi connectivity index (χ2v) is 6.49. The van der Waals surface area contributed by atoms with Crippen molar-refractivity contribution >= 4 is 12.0 Å². The van der Waals surface area contributed by atoms with E-state index in [1.165, 1.54) is 12.8 Å². The topological polar surface area (TPSA) is 60.9 Å². The molecule has 2 saturated heterocycles. The van der Waals surface area contributed by atoms with Gasteiger partial charge in [-0.3, -0.25) is 4.79 Å². The zero-order valence-electron chi connectivity index (χ0n) is 13.3. The number of carbonyl (C=O) groups excluding carboxylic acids is 1. The minimum Gasteiger partial charge on any atom is -0.481 e. The maximum atomic E-state index is 12.9. The molecule has 0 spiro atoms. The number of amides is 2. The summed E-state index contributed by atoms with van der Waals surface area (Å²) < 4.78 is 0.